The number of rotatable bonds is 2. The first-order chi connectivity index (χ1) is 9.70. The molecule has 20 heavy (non-hydrogen) atoms. The third kappa shape index (κ3) is 2.83. The molecular formula is C15H13N3OS. The summed E-state index contributed by atoms with van der Waals surface area (Å²) in [5.41, 5.74) is 2.19. The first-order valence-corrected chi connectivity index (χ1v) is 7.03. The summed E-state index contributed by atoms with van der Waals surface area (Å²) in [6.07, 6.45) is 3.36. The van der Waals surface area contributed by atoms with Gasteiger partial charge in [0, 0.05) is 13.1 Å². The van der Waals surface area contributed by atoms with Gasteiger partial charge in [0.15, 0.2) is 5.90 Å². The molecule has 3 rings (SSSR count). The lowest BCUT2D eigenvalue weighted by Crippen LogP contribution is -2.02. The van der Waals surface area contributed by atoms with E-state index in [4.69, 9.17) is 4.74 Å². The predicted octanol–water partition coefficient (Wildman–Crippen LogP) is 4.13. The zero-order valence-corrected chi connectivity index (χ0v) is 12.0. The molecule has 0 unspecified atom stereocenters. The van der Waals surface area contributed by atoms with E-state index in [2.05, 4.69) is 34.0 Å². The lowest BCUT2D eigenvalue weighted by molar-refractivity contribution is 0.544. The lowest BCUT2D eigenvalue weighted by atomic mass is 10.2. The van der Waals surface area contributed by atoms with Gasteiger partial charge in [-0.2, -0.15) is 4.99 Å². The molecule has 0 spiro atoms. The van der Waals surface area contributed by atoms with Crippen LogP contribution in [0.3, 0.4) is 0 Å². The van der Waals surface area contributed by atoms with E-state index in [1.165, 1.54) is 5.56 Å². The van der Waals surface area contributed by atoms with Gasteiger partial charge in [-0.1, -0.05) is 17.4 Å². The Morgan fingerprint density at radius 2 is 2.20 bits per heavy atom. The first-order valence-electron chi connectivity index (χ1n) is 6.21. The summed E-state index contributed by atoms with van der Waals surface area (Å²) in [5.74, 6) is 1.22. The summed E-state index contributed by atoms with van der Waals surface area (Å²) in [7, 11) is 0. The maximum Gasteiger partial charge on any atom is 0.213 e. The van der Waals surface area contributed by atoms with Gasteiger partial charge in [-0.3, -0.25) is 4.98 Å². The fraction of sp³-hybridized carbons (Fsp3) is 0.133. The number of aryl methyl sites for hydroxylation is 1. The molecule has 0 saturated carbocycles. The van der Waals surface area contributed by atoms with Crippen LogP contribution in [0.2, 0.25) is 0 Å². The van der Waals surface area contributed by atoms with Gasteiger partial charge >= 0.3 is 0 Å². The Kier molecular flexibility index (Phi) is 3.43. The average molecular weight is 283 g/mol. The second kappa shape index (κ2) is 5.38. The smallest absolute Gasteiger partial charge is 0.213 e. The summed E-state index contributed by atoms with van der Waals surface area (Å²) in [4.78, 5) is 12.9. The Bertz CT molecular complexity index is 765. The van der Waals surface area contributed by atoms with Crippen molar-refractivity contribution < 1.29 is 4.74 Å². The highest BCUT2D eigenvalue weighted by molar-refractivity contribution is 7.22. The highest BCUT2D eigenvalue weighted by Gasteiger charge is 2.04. The molecule has 0 N–H and O–H groups in total. The van der Waals surface area contributed by atoms with Crippen LogP contribution >= 0.6 is 11.3 Å². The van der Waals surface area contributed by atoms with Crippen molar-refractivity contribution in [1.82, 2.24) is 9.97 Å². The zero-order chi connectivity index (χ0) is 13.9. The number of aliphatic imine (C=N–C) groups is 1. The van der Waals surface area contributed by atoms with Crippen molar-refractivity contribution in [2.24, 2.45) is 4.99 Å². The molecule has 1 aromatic carbocycles. The van der Waals surface area contributed by atoms with Crippen molar-refractivity contribution in [2.45, 2.75) is 13.8 Å². The van der Waals surface area contributed by atoms with Gasteiger partial charge in [0.1, 0.15) is 5.75 Å². The highest BCUT2D eigenvalue weighted by Crippen LogP contribution is 2.28. The Balaban J connectivity index is 1.85. The maximum absolute atomic E-state index is 5.59. The van der Waals surface area contributed by atoms with Crippen LogP contribution in [0.15, 0.2) is 47.7 Å². The van der Waals surface area contributed by atoms with E-state index in [0.717, 1.165) is 10.2 Å². The fourth-order valence-electron chi connectivity index (χ4n) is 1.80. The lowest BCUT2D eigenvalue weighted by Gasteiger charge is -2.02. The van der Waals surface area contributed by atoms with Crippen LogP contribution in [-0.4, -0.2) is 15.9 Å². The molecule has 0 bridgehead atoms. The van der Waals surface area contributed by atoms with E-state index in [0.29, 0.717) is 16.8 Å². The van der Waals surface area contributed by atoms with Gasteiger partial charge in [-0.25, -0.2) is 4.98 Å². The molecule has 4 nitrogen and oxygen atoms in total. The van der Waals surface area contributed by atoms with Crippen LogP contribution in [0, 0.1) is 6.92 Å². The van der Waals surface area contributed by atoms with Crippen LogP contribution in [-0.2, 0) is 0 Å². The van der Waals surface area contributed by atoms with Gasteiger partial charge in [0.2, 0.25) is 5.13 Å². The normalized spacial score (nSPS) is 11.8. The standard InChI is InChI=1S/C15H13N3OS/c1-10-5-6-13-14(8-10)20-15(18-13)17-11(2)19-12-4-3-7-16-9-12/h3-9H,1-2H3. The number of benzene rings is 1. The Hall–Kier alpha value is -2.27. The minimum Gasteiger partial charge on any atom is -0.442 e. The first kappa shape index (κ1) is 12.7. The van der Waals surface area contributed by atoms with E-state index in [1.54, 1.807) is 23.7 Å². The van der Waals surface area contributed by atoms with Crippen molar-refractivity contribution in [3.63, 3.8) is 0 Å². The van der Waals surface area contributed by atoms with Crippen LogP contribution in [0.1, 0.15) is 12.5 Å². The molecule has 3 aromatic rings. The Morgan fingerprint density at radius 3 is 3.00 bits per heavy atom. The molecule has 100 valence electrons. The van der Waals surface area contributed by atoms with Gasteiger partial charge in [-0.05, 0) is 36.8 Å². The molecule has 0 atom stereocenters. The molecule has 0 radical (unpaired) electrons. The molecule has 0 aliphatic rings. The van der Waals surface area contributed by atoms with E-state index in [9.17, 15) is 0 Å². The van der Waals surface area contributed by atoms with Gasteiger partial charge in [0.25, 0.3) is 0 Å². The molecule has 2 aromatic heterocycles. The second-order valence-electron chi connectivity index (χ2n) is 4.39. The molecule has 2 heterocycles. The number of aromatic nitrogens is 2. The van der Waals surface area contributed by atoms with Crippen molar-refractivity contribution in [3.8, 4) is 5.75 Å². The van der Waals surface area contributed by atoms with Crippen molar-refractivity contribution >= 4 is 32.6 Å². The third-order valence-electron chi connectivity index (χ3n) is 2.69. The number of thiazole rings is 1. The van der Waals surface area contributed by atoms with Crippen LogP contribution in [0.5, 0.6) is 5.75 Å². The molecular weight excluding hydrogens is 270 g/mol. The molecule has 0 saturated heterocycles. The van der Waals surface area contributed by atoms with Crippen molar-refractivity contribution in [3.05, 3.63) is 48.3 Å². The minimum absolute atomic E-state index is 0.550. The monoisotopic (exact) mass is 283 g/mol. The number of hydrogen-bond donors (Lipinski definition) is 0. The van der Waals surface area contributed by atoms with Crippen LogP contribution in [0.4, 0.5) is 5.13 Å². The van der Waals surface area contributed by atoms with Crippen molar-refractivity contribution in [1.29, 1.82) is 0 Å². The molecule has 5 heteroatoms. The summed E-state index contributed by atoms with van der Waals surface area (Å²) >= 11 is 1.56. The molecule has 0 amide bonds. The number of ether oxygens (including phenoxy) is 1. The highest BCUT2D eigenvalue weighted by atomic mass is 32.1. The summed E-state index contributed by atoms with van der Waals surface area (Å²) in [6.45, 7) is 3.88. The van der Waals surface area contributed by atoms with Crippen molar-refractivity contribution in [2.75, 3.05) is 0 Å². The zero-order valence-electron chi connectivity index (χ0n) is 11.2. The summed E-state index contributed by atoms with van der Waals surface area (Å²) in [6, 6.07) is 9.84. The number of nitrogens with zero attached hydrogens (tertiary/aromatic N) is 3. The summed E-state index contributed by atoms with van der Waals surface area (Å²) < 4.78 is 6.73. The molecule has 0 fully saturated rings. The average Bonchev–Trinajstić information content (AvgIpc) is 2.80. The predicted molar refractivity (Wildman–Crippen MR) is 82.0 cm³/mol. The molecule has 0 aliphatic heterocycles. The number of fused-ring (bicyclic) bond motifs is 1. The maximum atomic E-state index is 5.59. The van der Waals surface area contributed by atoms with E-state index in [1.807, 2.05) is 25.1 Å². The van der Waals surface area contributed by atoms with E-state index in [-0.39, 0.29) is 0 Å². The van der Waals surface area contributed by atoms with E-state index >= 15 is 0 Å². The second-order valence-corrected chi connectivity index (χ2v) is 5.40. The molecule has 0 aliphatic carbocycles. The number of pyridine rings is 1. The van der Waals surface area contributed by atoms with Gasteiger partial charge in [0.05, 0.1) is 16.4 Å². The Morgan fingerprint density at radius 1 is 1.30 bits per heavy atom. The summed E-state index contributed by atoms with van der Waals surface area (Å²) in [5, 5.41) is 0.701. The van der Waals surface area contributed by atoms with Crippen LogP contribution < -0.4 is 4.74 Å². The number of hydrogen-bond acceptors (Lipinski definition) is 5. The SMILES string of the molecule is CC(=Nc1nc2ccc(C)cc2s1)Oc1cccnc1. The largest absolute Gasteiger partial charge is 0.442 e. The third-order valence-corrected chi connectivity index (χ3v) is 3.60. The van der Waals surface area contributed by atoms with Gasteiger partial charge in [-0.15, -0.1) is 0 Å². The van der Waals surface area contributed by atoms with Crippen LogP contribution in [0.25, 0.3) is 10.2 Å². The quantitative estimate of drug-likeness (QED) is 0.525. The topological polar surface area (TPSA) is 47.4 Å². The Labute approximate surface area is 120 Å². The minimum atomic E-state index is 0.550. The van der Waals surface area contributed by atoms with E-state index < -0.39 is 0 Å². The van der Waals surface area contributed by atoms with Gasteiger partial charge < -0.3 is 4.74 Å². The fourth-order valence-corrected chi connectivity index (χ4v) is 2.78.